The fourth-order valence-electron chi connectivity index (χ4n) is 4.26. The summed E-state index contributed by atoms with van der Waals surface area (Å²) in [6.07, 6.45) is 0. The monoisotopic (exact) mass is 314 g/mol. The van der Waals surface area contributed by atoms with Crippen LogP contribution >= 0.6 is 0 Å². The number of benzene rings is 1. The standard InChI is InChI=1S/C16H15FN4O2/c1-13(10-4-6-11(17)7-5-10)14(8-18)12(20)21-16(22-2,23-3)15(13,14)9-19/h4-7H,1-3H3,(H2,20,21)/t13-,14-,15+/m0/s1. The zero-order valence-corrected chi connectivity index (χ0v) is 12.9. The van der Waals surface area contributed by atoms with Crippen molar-refractivity contribution < 1.29 is 13.9 Å². The van der Waals surface area contributed by atoms with E-state index in [1.54, 1.807) is 6.92 Å². The number of methoxy groups -OCH3 is 2. The Morgan fingerprint density at radius 3 is 2.13 bits per heavy atom. The number of rotatable bonds is 3. The highest BCUT2D eigenvalue weighted by Crippen LogP contribution is 2.85. The van der Waals surface area contributed by atoms with Gasteiger partial charge in [-0.25, -0.2) is 9.38 Å². The van der Waals surface area contributed by atoms with Crippen molar-refractivity contribution in [2.45, 2.75) is 18.2 Å². The molecule has 1 aromatic carbocycles. The highest BCUT2D eigenvalue weighted by molar-refractivity contribution is 6.02. The van der Waals surface area contributed by atoms with Crippen molar-refractivity contribution in [2.75, 3.05) is 14.2 Å². The molecule has 0 radical (unpaired) electrons. The summed E-state index contributed by atoms with van der Waals surface area (Å²) in [4.78, 5) is 4.14. The van der Waals surface area contributed by atoms with E-state index >= 15 is 0 Å². The Labute approximate surface area is 132 Å². The van der Waals surface area contributed by atoms with Crippen molar-refractivity contribution in [2.24, 2.45) is 21.6 Å². The van der Waals surface area contributed by atoms with Gasteiger partial charge in [-0.2, -0.15) is 10.5 Å². The van der Waals surface area contributed by atoms with Crippen LogP contribution in [0.5, 0.6) is 0 Å². The van der Waals surface area contributed by atoms with E-state index in [0.29, 0.717) is 5.56 Å². The van der Waals surface area contributed by atoms with Gasteiger partial charge in [-0.05, 0) is 17.7 Å². The van der Waals surface area contributed by atoms with Gasteiger partial charge in [-0.15, -0.1) is 0 Å². The van der Waals surface area contributed by atoms with Crippen LogP contribution in [0.2, 0.25) is 0 Å². The van der Waals surface area contributed by atoms with Crippen LogP contribution < -0.4 is 5.73 Å². The van der Waals surface area contributed by atoms with Crippen LogP contribution in [0, 0.1) is 39.3 Å². The minimum atomic E-state index is -1.69. The third-order valence-electron chi connectivity index (χ3n) is 5.44. The average molecular weight is 314 g/mol. The molecule has 0 bridgehead atoms. The number of hydrogen-bond acceptors (Lipinski definition) is 6. The fourth-order valence-corrected chi connectivity index (χ4v) is 4.26. The second-order valence-corrected chi connectivity index (χ2v) is 5.84. The lowest BCUT2D eigenvalue weighted by Gasteiger charge is -2.32. The van der Waals surface area contributed by atoms with Gasteiger partial charge < -0.3 is 15.2 Å². The van der Waals surface area contributed by atoms with Crippen LogP contribution in [0.4, 0.5) is 4.39 Å². The summed E-state index contributed by atoms with van der Waals surface area (Å²) < 4.78 is 24.1. The number of hydrogen-bond donors (Lipinski definition) is 1. The lowest BCUT2D eigenvalue weighted by molar-refractivity contribution is -0.233. The third kappa shape index (κ3) is 1.20. The molecule has 3 atom stereocenters. The summed E-state index contributed by atoms with van der Waals surface area (Å²) in [6, 6.07) is 9.95. The topological polar surface area (TPSA) is 104 Å². The normalized spacial score (nSPS) is 36.5. The number of amidine groups is 1. The lowest BCUT2D eigenvalue weighted by Crippen LogP contribution is -2.44. The molecule has 1 fully saturated rings. The maximum absolute atomic E-state index is 13.3. The molecule has 0 spiro atoms. The second-order valence-electron chi connectivity index (χ2n) is 5.84. The van der Waals surface area contributed by atoms with E-state index < -0.39 is 28.0 Å². The van der Waals surface area contributed by atoms with E-state index in [-0.39, 0.29) is 5.84 Å². The molecule has 0 saturated heterocycles. The zero-order chi connectivity index (χ0) is 17.1. The quantitative estimate of drug-likeness (QED) is 0.850. The molecule has 1 heterocycles. The van der Waals surface area contributed by atoms with Crippen molar-refractivity contribution in [3.05, 3.63) is 35.6 Å². The van der Waals surface area contributed by atoms with E-state index in [4.69, 9.17) is 15.2 Å². The van der Waals surface area contributed by atoms with Crippen LogP contribution in [-0.2, 0) is 14.9 Å². The van der Waals surface area contributed by atoms with Crippen LogP contribution in [0.15, 0.2) is 29.3 Å². The van der Waals surface area contributed by atoms with Gasteiger partial charge in [0.05, 0.1) is 12.1 Å². The Morgan fingerprint density at radius 1 is 1.13 bits per heavy atom. The first-order chi connectivity index (χ1) is 10.9. The summed E-state index contributed by atoms with van der Waals surface area (Å²) in [5.41, 5.74) is 2.72. The van der Waals surface area contributed by atoms with Crippen LogP contribution in [0.1, 0.15) is 12.5 Å². The Morgan fingerprint density at radius 2 is 1.70 bits per heavy atom. The third-order valence-corrected chi connectivity index (χ3v) is 5.44. The zero-order valence-electron chi connectivity index (χ0n) is 12.9. The SMILES string of the molecule is COC1(OC)N=C(N)[C@@]2(C#N)[C@](C)(c3ccc(F)cc3)[C@@]12C#N. The van der Waals surface area contributed by atoms with Crippen molar-refractivity contribution in [1.82, 2.24) is 0 Å². The molecule has 7 heteroatoms. The first-order valence-electron chi connectivity index (χ1n) is 6.92. The Kier molecular flexibility index (Phi) is 2.87. The number of nitrogens with zero attached hydrogens (tertiary/aromatic N) is 3. The predicted octanol–water partition coefficient (Wildman–Crippen LogP) is 1.43. The molecule has 1 aliphatic carbocycles. The van der Waals surface area contributed by atoms with Gasteiger partial charge >= 0.3 is 0 Å². The maximum atomic E-state index is 13.3. The fraction of sp³-hybridized carbons (Fsp3) is 0.438. The van der Waals surface area contributed by atoms with E-state index in [2.05, 4.69) is 17.1 Å². The number of nitrogens with two attached hydrogens (primary N) is 1. The summed E-state index contributed by atoms with van der Waals surface area (Å²) in [7, 11) is 2.69. The smallest absolute Gasteiger partial charge is 0.293 e. The molecular weight excluding hydrogens is 299 g/mol. The van der Waals surface area contributed by atoms with Gasteiger partial charge in [0, 0.05) is 19.6 Å². The second kappa shape index (κ2) is 4.29. The minimum absolute atomic E-state index is 0.0166. The minimum Gasteiger partial charge on any atom is -0.386 e. The Balaban J connectivity index is 2.33. The molecule has 23 heavy (non-hydrogen) atoms. The van der Waals surface area contributed by atoms with Gasteiger partial charge in [-0.1, -0.05) is 19.1 Å². The molecule has 6 nitrogen and oxygen atoms in total. The molecule has 2 N–H and O–H groups in total. The van der Waals surface area contributed by atoms with Crippen LogP contribution in [0.3, 0.4) is 0 Å². The highest BCUT2D eigenvalue weighted by Gasteiger charge is 2.99. The molecule has 0 amide bonds. The van der Waals surface area contributed by atoms with Gasteiger partial charge in [0.1, 0.15) is 11.7 Å². The highest BCUT2D eigenvalue weighted by atomic mass is 19.1. The molecule has 1 aromatic rings. The molecular formula is C16H15FN4O2. The predicted molar refractivity (Wildman–Crippen MR) is 78.2 cm³/mol. The maximum Gasteiger partial charge on any atom is 0.293 e. The van der Waals surface area contributed by atoms with Gasteiger partial charge in [-0.3, -0.25) is 0 Å². The van der Waals surface area contributed by atoms with Crippen LogP contribution in [0.25, 0.3) is 0 Å². The number of ether oxygens (including phenoxy) is 2. The number of halogens is 1. The van der Waals surface area contributed by atoms with E-state index in [9.17, 15) is 14.9 Å². The van der Waals surface area contributed by atoms with Gasteiger partial charge in [0.2, 0.25) is 0 Å². The lowest BCUT2D eigenvalue weighted by atomic mass is 9.84. The first kappa shape index (κ1) is 15.4. The molecule has 0 unspecified atom stereocenters. The van der Waals surface area contributed by atoms with Crippen molar-refractivity contribution >= 4 is 5.84 Å². The number of aliphatic imine (C=N–C) groups is 1. The summed E-state index contributed by atoms with van der Waals surface area (Å²) in [6.45, 7) is 1.72. The van der Waals surface area contributed by atoms with E-state index in [0.717, 1.165) is 0 Å². The Hall–Kier alpha value is -2.48. The van der Waals surface area contributed by atoms with Crippen molar-refractivity contribution in [3.8, 4) is 12.1 Å². The molecule has 118 valence electrons. The molecule has 3 rings (SSSR count). The first-order valence-corrected chi connectivity index (χ1v) is 6.92. The number of fused-ring (bicyclic) bond motifs is 1. The van der Waals surface area contributed by atoms with E-state index in [1.807, 2.05) is 0 Å². The molecule has 0 aromatic heterocycles. The van der Waals surface area contributed by atoms with Crippen molar-refractivity contribution in [1.29, 1.82) is 10.5 Å². The molecule has 1 aliphatic heterocycles. The van der Waals surface area contributed by atoms with E-state index in [1.165, 1.54) is 38.5 Å². The Bertz CT molecular complexity index is 790. The van der Waals surface area contributed by atoms with Crippen LogP contribution in [-0.4, -0.2) is 26.0 Å². The summed E-state index contributed by atoms with van der Waals surface area (Å²) in [5.74, 6) is -2.12. The molecule has 2 aliphatic rings. The average Bonchev–Trinajstić information content (AvgIpc) is 2.97. The largest absolute Gasteiger partial charge is 0.386 e. The number of nitriles is 2. The molecule has 1 saturated carbocycles. The van der Waals surface area contributed by atoms with Gasteiger partial charge in [0.15, 0.2) is 10.8 Å². The van der Waals surface area contributed by atoms with Crippen molar-refractivity contribution in [3.63, 3.8) is 0 Å². The summed E-state index contributed by atoms with van der Waals surface area (Å²) >= 11 is 0. The van der Waals surface area contributed by atoms with Gasteiger partial charge in [0.25, 0.3) is 5.91 Å². The summed E-state index contributed by atoms with van der Waals surface area (Å²) in [5, 5.41) is 19.8.